The van der Waals surface area contributed by atoms with E-state index in [2.05, 4.69) is 11.9 Å². The average Bonchev–Trinajstić information content (AvgIpc) is 3.08. The third kappa shape index (κ3) is 4.29. The van der Waals surface area contributed by atoms with Crippen molar-refractivity contribution in [3.63, 3.8) is 0 Å². The van der Waals surface area contributed by atoms with E-state index in [1.165, 1.54) is 28.7 Å². The molecule has 2 fully saturated rings. The monoisotopic (exact) mass is 431 g/mol. The molecule has 4 rings (SSSR count). The quantitative estimate of drug-likeness (QED) is 0.692. The molecule has 0 radical (unpaired) electrons. The summed E-state index contributed by atoms with van der Waals surface area (Å²) in [6.07, 6.45) is 8.53. The van der Waals surface area contributed by atoms with Crippen LogP contribution in [0.3, 0.4) is 0 Å². The fourth-order valence-electron chi connectivity index (χ4n) is 4.36. The Balaban J connectivity index is 1.53. The number of piperidine rings is 1. The summed E-state index contributed by atoms with van der Waals surface area (Å²) in [6.45, 7) is 5.41. The number of likely N-dealkylation sites (tertiary alicyclic amines) is 1. The lowest BCUT2D eigenvalue weighted by molar-refractivity contribution is -0.133. The lowest BCUT2D eigenvalue weighted by Gasteiger charge is -2.30. The maximum atomic E-state index is 13.1. The van der Waals surface area contributed by atoms with Gasteiger partial charge in [-0.2, -0.15) is 0 Å². The van der Waals surface area contributed by atoms with Gasteiger partial charge in [-0.1, -0.05) is 13.3 Å². The van der Waals surface area contributed by atoms with Crippen molar-refractivity contribution in [2.45, 2.75) is 71.4 Å². The van der Waals surface area contributed by atoms with Crippen LogP contribution in [0.4, 0.5) is 0 Å². The first-order valence-corrected chi connectivity index (χ1v) is 11.7. The zero-order valence-electron chi connectivity index (χ0n) is 17.7. The topological polar surface area (TPSA) is 81.5 Å². The van der Waals surface area contributed by atoms with Gasteiger partial charge in [-0.25, -0.2) is 9.78 Å². The number of aromatic nitrogens is 2. The second-order valence-electron chi connectivity index (χ2n) is 8.64. The Hall–Kier alpha value is -2.22. The molecule has 0 unspecified atom stereocenters. The molecule has 7 nitrogen and oxygen atoms in total. The summed E-state index contributed by atoms with van der Waals surface area (Å²) in [4.78, 5) is 45.5. The first-order valence-electron chi connectivity index (χ1n) is 10.9. The third-order valence-electron chi connectivity index (χ3n) is 6.37. The summed E-state index contributed by atoms with van der Waals surface area (Å²) >= 11 is 1.20. The Bertz CT molecular complexity index is 998. The van der Waals surface area contributed by atoms with Gasteiger partial charge < -0.3 is 9.64 Å². The van der Waals surface area contributed by atoms with E-state index in [0.29, 0.717) is 26.6 Å². The standard InChI is InChI=1S/C22H29N3O4S/c1-14-8-10-24(11-9-14)17(26)12-25-13-23-20-18(21(25)27)15(2)19(30-20)22(28)29-16-6-4-3-5-7-16/h13-14,16H,3-12H2,1-2H3. The zero-order valence-corrected chi connectivity index (χ0v) is 18.5. The number of carbonyl (C=O) groups excluding carboxylic acids is 2. The van der Waals surface area contributed by atoms with E-state index < -0.39 is 0 Å². The maximum absolute atomic E-state index is 13.1. The van der Waals surface area contributed by atoms with Crippen LogP contribution < -0.4 is 5.56 Å². The summed E-state index contributed by atoms with van der Waals surface area (Å²) in [6, 6.07) is 0. The number of carbonyl (C=O) groups is 2. The van der Waals surface area contributed by atoms with Gasteiger partial charge in [0.05, 0.1) is 11.7 Å². The van der Waals surface area contributed by atoms with Crippen LogP contribution in [0.25, 0.3) is 10.2 Å². The zero-order chi connectivity index (χ0) is 21.3. The number of nitrogens with zero attached hydrogens (tertiary/aromatic N) is 3. The Morgan fingerprint density at radius 2 is 1.87 bits per heavy atom. The predicted octanol–water partition coefficient (Wildman–Crippen LogP) is 3.51. The van der Waals surface area contributed by atoms with E-state index in [4.69, 9.17) is 4.74 Å². The molecule has 2 aromatic heterocycles. The van der Waals surface area contributed by atoms with Crippen LogP contribution in [0.2, 0.25) is 0 Å². The molecule has 2 aliphatic rings. The molecule has 1 saturated carbocycles. The van der Waals surface area contributed by atoms with Crippen LogP contribution in [0, 0.1) is 12.8 Å². The van der Waals surface area contributed by atoms with Crippen molar-refractivity contribution < 1.29 is 14.3 Å². The Labute approximate surface area is 180 Å². The van der Waals surface area contributed by atoms with E-state index in [9.17, 15) is 14.4 Å². The highest BCUT2D eigenvalue weighted by molar-refractivity contribution is 7.20. The highest BCUT2D eigenvalue weighted by atomic mass is 32.1. The van der Waals surface area contributed by atoms with Crippen molar-refractivity contribution in [2.75, 3.05) is 13.1 Å². The Morgan fingerprint density at radius 1 is 1.17 bits per heavy atom. The van der Waals surface area contributed by atoms with E-state index in [1.54, 1.807) is 6.92 Å². The molecule has 1 aliphatic heterocycles. The number of aryl methyl sites for hydroxylation is 1. The van der Waals surface area contributed by atoms with Gasteiger partial charge in [0, 0.05) is 13.1 Å². The van der Waals surface area contributed by atoms with Gasteiger partial charge in [0.2, 0.25) is 5.91 Å². The van der Waals surface area contributed by atoms with Crippen molar-refractivity contribution in [2.24, 2.45) is 5.92 Å². The van der Waals surface area contributed by atoms with Crippen LogP contribution >= 0.6 is 11.3 Å². The first kappa shape index (κ1) is 21.0. The predicted molar refractivity (Wildman–Crippen MR) is 116 cm³/mol. The number of esters is 1. The molecular formula is C22H29N3O4S. The van der Waals surface area contributed by atoms with E-state index in [0.717, 1.165) is 51.6 Å². The number of thiophene rings is 1. The molecule has 0 atom stereocenters. The normalized spacial score (nSPS) is 18.7. The number of fused-ring (bicyclic) bond motifs is 1. The fourth-order valence-corrected chi connectivity index (χ4v) is 5.38. The molecule has 3 heterocycles. The second-order valence-corrected chi connectivity index (χ2v) is 9.64. The van der Waals surface area contributed by atoms with Crippen molar-refractivity contribution in [3.05, 3.63) is 27.1 Å². The molecule has 30 heavy (non-hydrogen) atoms. The summed E-state index contributed by atoms with van der Waals surface area (Å²) in [7, 11) is 0. The molecule has 0 N–H and O–H groups in total. The van der Waals surface area contributed by atoms with Gasteiger partial charge in [0.25, 0.3) is 5.56 Å². The van der Waals surface area contributed by atoms with Gasteiger partial charge in [-0.05, 0) is 56.9 Å². The first-order chi connectivity index (χ1) is 14.4. The highest BCUT2D eigenvalue weighted by Crippen LogP contribution is 2.29. The maximum Gasteiger partial charge on any atom is 0.348 e. The third-order valence-corrected chi connectivity index (χ3v) is 7.55. The minimum absolute atomic E-state index is 0.0205. The minimum Gasteiger partial charge on any atom is -0.458 e. The SMILES string of the molecule is Cc1c(C(=O)OC2CCCCC2)sc2ncn(CC(=O)N3CCC(C)CC3)c(=O)c12. The van der Waals surface area contributed by atoms with Crippen molar-refractivity contribution in [1.82, 2.24) is 14.5 Å². The van der Waals surface area contributed by atoms with E-state index in [-0.39, 0.29) is 30.1 Å². The lowest BCUT2D eigenvalue weighted by atomic mass is 9.98. The molecule has 0 spiro atoms. The number of ether oxygens (including phenoxy) is 1. The molecular weight excluding hydrogens is 402 g/mol. The molecule has 0 bridgehead atoms. The minimum atomic E-state index is -0.369. The number of hydrogen-bond donors (Lipinski definition) is 0. The summed E-state index contributed by atoms with van der Waals surface area (Å²) in [5.74, 6) is 0.205. The van der Waals surface area contributed by atoms with Crippen molar-refractivity contribution in [3.8, 4) is 0 Å². The second kappa shape index (κ2) is 8.88. The van der Waals surface area contributed by atoms with Crippen LogP contribution in [-0.4, -0.2) is 45.5 Å². The summed E-state index contributed by atoms with van der Waals surface area (Å²) < 4.78 is 7.04. The van der Waals surface area contributed by atoms with Crippen LogP contribution in [-0.2, 0) is 16.1 Å². The average molecular weight is 432 g/mol. The molecule has 8 heteroatoms. The molecule has 1 aliphatic carbocycles. The Morgan fingerprint density at radius 3 is 2.57 bits per heavy atom. The highest BCUT2D eigenvalue weighted by Gasteiger charge is 2.25. The summed E-state index contributed by atoms with van der Waals surface area (Å²) in [5.41, 5.74) is 0.325. The number of amides is 1. The van der Waals surface area contributed by atoms with Gasteiger partial charge >= 0.3 is 5.97 Å². The molecule has 2 aromatic rings. The van der Waals surface area contributed by atoms with Crippen LogP contribution in [0.5, 0.6) is 0 Å². The lowest BCUT2D eigenvalue weighted by Crippen LogP contribution is -2.41. The van der Waals surface area contributed by atoms with E-state index >= 15 is 0 Å². The smallest absolute Gasteiger partial charge is 0.348 e. The van der Waals surface area contributed by atoms with Gasteiger partial charge in [-0.15, -0.1) is 11.3 Å². The molecule has 0 aromatic carbocycles. The van der Waals surface area contributed by atoms with Gasteiger partial charge in [-0.3, -0.25) is 14.2 Å². The van der Waals surface area contributed by atoms with Crippen molar-refractivity contribution >= 4 is 33.4 Å². The molecule has 162 valence electrons. The Kier molecular flexibility index (Phi) is 6.22. The van der Waals surface area contributed by atoms with Crippen molar-refractivity contribution in [1.29, 1.82) is 0 Å². The number of hydrogen-bond acceptors (Lipinski definition) is 6. The fraction of sp³-hybridized carbons (Fsp3) is 0.636. The number of rotatable bonds is 4. The summed E-state index contributed by atoms with van der Waals surface area (Å²) in [5, 5.41) is 0.415. The molecule has 1 saturated heterocycles. The van der Waals surface area contributed by atoms with Gasteiger partial charge in [0.1, 0.15) is 22.4 Å². The van der Waals surface area contributed by atoms with Crippen LogP contribution in [0.1, 0.15) is 67.1 Å². The van der Waals surface area contributed by atoms with E-state index in [1.807, 2.05) is 4.90 Å². The van der Waals surface area contributed by atoms with Gasteiger partial charge in [0.15, 0.2) is 0 Å². The largest absolute Gasteiger partial charge is 0.458 e. The van der Waals surface area contributed by atoms with Crippen LogP contribution in [0.15, 0.2) is 11.1 Å². The molecule has 1 amide bonds.